The molecule has 128 valence electrons. The average molecular weight is 342 g/mol. The molecule has 0 spiro atoms. The highest BCUT2D eigenvalue weighted by atomic mass is 19.1. The van der Waals surface area contributed by atoms with Crippen LogP contribution in [0.15, 0.2) is 52.9 Å². The van der Waals surface area contributed by atoms with Crippen LogP contribution in [-0.4, -0.2) is 23.3 Å². The quantitative estimate of drug-likeness (QED) is 0.657. The van der Waals surface area contributed by atoms with E-state index in [9.17, 15) is 9.18 Å². The first-order valence-electron chi connectivity index (χ1n) is 7.51. The van der Waals surface area contributed by atoms with Crippen LogP contribution in [0.4, 0.5) is 4.39 Å². The summed E-state index contributed by atoms with van der Waals surface area (Å²) in [5.74, 6) is 0.163. The van der Waals surface area contributed by atoms with E-state index in [0.29, 0.717) is 11.6 Å². The molecule has 0 fully saturated rings. The molecule has 6 nitrogen and oxygen atoms in total. The number of esters is 1. The first kappa shape index (κ1) is 16.6. The third-order valence-electron chi connectivity index (χ3n) is 3.49. The Morgan fingerprint density at radius 1 is 1.08 bits per heavy atom. The second kappa shape index (κ2) is 7.12. The molecule has 25 heavy (non-hydrogen) atoms. The first-order valence-corrected chi connectivity index (χ1v) is 7.51. The predicted octanol–water partition coefficient (Wildman–Crippen LogP) is 3.80. The molecule has 0 radical (unpaired) electrons. The molecule has 1 atom stereocenters. The van der Waals surface area contributed by atoms with Gasteiger partial charge in [0, 0.05) is 5.56 Å². The minimum atomic E-state index is -0.739. The Bertz CT molecular complexity index is 860. The van der Waals surface area contributed by atoms with Crippen LogP contribution < -0.4 is 4.74 Å². The summed E-state index contributed by atoms with van der Waals surface area (Å²) in [5, 5.41) is 7.87. The number of ether oxygens (including phenoxy) is 2. The number of benzene rings is 2. The third kappa shape index (κ3) is 3.82. The number of aromatic nitrogens is 2. The summed E-state index contributed by atoms with van der Waals surface area (Å²) in [6, 6.07) is 12.2. The third-order valence-corrected chi connectivity index (χ3v) is 3.49. The minimum absolute atomic E-state index is 0.168. The fourth-order valence-corrected chi connectivity index (χ4v) is 2.11. The number of halogens is 1. The Hall–Kier alpha value is -3.22. The molecule has 0 aliphatic rings. The molecule has 0 amide bonds. The van der Waals surface area contributed by atoms with Gasteiger partial charge in [0.1, 0.15) is 11.6 Å². The Morgan fingerprint density at radius 3 is 2.40 bits per heavy atom. The minimum Gasteiger partial charge on any atom is -0.497 e. The van der Waals surface area contributed by atoms with Gasteiger partial charge < -0.3 is 13.9 Å². The van der Waals surface area contributed by atoms with E-state index in [-0.39, 0.29) is 11.5 Å². The second-order valence-corrected chi connectivity index (χ2v) is 5.23. The van der Waals surface area contributed by atoms with Gasteiger partial charge in [0.15, 0.2) is 6.10 Å². The molecule has 0 aliphatic heterocycles. The van der Waals surface area contributed by atoms with Gasteiger partial charge in [0.2, 0.25) is 5.89 Å². The average Bonchev–Trinajstić information content (AvgIpc) is 3.12. The fraction of sp³-hybridized carbons (Fsp3) is 0.167. The number of carbonyl (C=O) groups excluding carboxylic acids is 1. The molecule has 1 heterocycles. The van der Waals surface area contributed by atoms with E-state index < -0.39 is 17.9 Å². The monoisotopic (exact) mass is 342 g/mol. The van der Waals surface area contributed by atoms with Crippen LogP contribution in [0.2, 0.25) is 0 Å². The van der Waals surface area contributed by atoms with Crippen molar-refractivity contribution in [3.63, 3.8) is 0 Å². The summed E-state index contributed by atoms with van der Waals surface area (Å²) in [7, 11) is 1.58. The molecular formula is C18H15FN2O4. The normalized spacial score (nSPS) is 11.8. The lowest BCUT2D eigenvalue weighted by atomic mass is 10.2. The lowest BCUT2D eigenvalue weighted by Gasteiger charge is -2.09. The number of rotatable bonds is 5. The maximum Gasteiger partial charge on any atom is 0.338 e. The van der Waals surface area contributed by atoms with Crippen molar-refractivity contribution in [2.45, 2.75) is 13.0 Å². The summed E-state index contributed by atoms with van der Waals surface area (Å²) in [6.45, 7) is 1.62. The van der Waals surface area contributed by atoms with Gasteiger partial charge in [-0.2, -0.15) is 0 Å². The van der Waals surface area contributed by atoms with Crippen molar-refractivity contribution in [2.24, 2.45) is 0 Å². The van der Waals surface area contributed by atoms with E-state index in [2.05, 4.69) is 10.2 Å². The Kier molecular flexibility index (Phi) is 4.74. The maximum absolute atomic E-state index is 12.9. The van der Waals surface area contributed by atoms with E-state index in [1.807, 2.05) is 0 Å². The molecule has 2 aromatic carbocycles. The van der Waals surface area contributed by atoms with Crippen molar-refractivity contribution in [3.05, 3.63) is 65.8 Å². The Balaban J connectivity index is 1.70. The van der Waals surface area contributed by atoms with Crippen LogP contribution in [0.5, 0.6) is 5.75 Å². The van der Waals surface area contributed by atoms with Gasteiger partial charge >= 0.3 is 5.97 Å². The highest BCUT2D eigenvalue weighted by Crippen LogP contribution is 2.24. The first-order chi connectivity index (χ1) is 12.1. The van der Waals surface area contributed by atoms with E-state index in [1.54, 1.807) is 38.3 Å². The van der Waals surface area contributed by atoms with Crippen LogP contribution >= 0.6 is 0 Å². The van der Waals surface area contributed by atoms with Gasteiger partial charge in [0.05, 0.1) is 12.7 Å². The summed E-state index contributed by atoms with van der Waals surface area (Å²) >= 11 is 0. The topological polar surface area (TPSA) is 74.5 Å². The molecule has 3 rings (SSSR count). The molecule has 0 unspecified atom stereocenters. The lowest BCUT2D eigenvalue weighted by molar-refractivity contribution is 0.0280. The zero-order chi connectivity index (χ0) is 17.8. The van der Waals surface area contributed by atoms with Gasteiger partial charge in [-0.25, -0.2) is 9.18 Å². The summed E-state index contributed by atoms with van der Waals surface area (Å²) in [5.41, 5.74) is 0.958. The highest BCUT2D eigenvalue weighted by Gasteiger charge is 2.20. The molecule has 7 heteroatoms. The predicted molar refractivity (Wildman–Crippen MR) is 86.5 cm³/mol. The van der Waals surface area contributed by atoms with Gasteiger partial charge in [0.25, 0.3) is 5.89 Å². The van der Waals surface area contributed by atoms with E-state index in [0.717, 1.165) is 5.56 Å². The van der Waals surface area contributed by atoms with Crippen molar-refractivity contribution < 1.29 is 23.1 Å². The fourth-order valence-electron chi connectivity index (χ4n) is 2.11. The summed E-state index contributed by atoms with van der Waals surface area (Å²) in [4.78, 5) is 12.0. The Morgan fingerprint density at radius 2 is 1.76 bits per heavy atom. The van der Waals surface area contributed by atoms with E-state index in [4.69, 9.17) is 13.9 Å². The maximum atomic E-state index is 12.9. The van der Waals surface area contributed by atoms with E-state index >= 15 is 0 Å². The number of hydrogen-bond donors (Lipinski definition) is 0. The standard InChI is InChI=1S/C18H15FN2O4/c1-11(24-18(22)13-3-7-14(19)8-4-13)16-20-21-17(25-16)12-5-9-15(23-2)10-6-12/h3-11H,1-2H3/t11-/m1/s1. The Labute approximate surface area is 143 Å². The molecule has 0 bridgehead atoms. The lowest BCUT2D eigenvalue weighted by Crippen LogP contribution is -2.09. The van der Waals surface area contributed by atoms with Crippen molar-refractivity contribution in [1.29, 1.82) is 0 Å². The molecule has 1 aromatic heterocycles. The number of methoxy groups -OCH3 is 1. The molecule has 0 saturated carbocycles. The van der Waals surface area contributed by atoms with Crippen LogP contribution in [-0.2, 0) is 4.74 Å². The molecule has 0 saturated heterocycles. The smallest absolute Gasteiger partial charge is 0.338 e. The number of carbonyl (C=O) groups is 1. The van der Waals surface area contributed by atoms with Crippen LogP contribution in [0.3, 0.4) is 0 Å². The van der Waals surface area contributed by atoms with Crippen molar-refractivity contribution >= 4 is 5.97 Å². The zero-order valence-electron chi connectivity index (χ0n) is 13.6. The van der Waals surface area contributed by atoms with Crippen molar-refractivity contribution in [2.75, 3.05) is 7.11 Å². The van der Waals surface area contributed by atoms with Crippen molar-refractivity contribution in [1.82, 2.24) is 10.2 Å². The van der Waals surface area contributed by atoms with Gasteiger partial charge in [-0.1, -0.05) is 0 Å². The van der Waals surface area contributed by atoms with Crippen molar-refractivity contribution in [3.8, 4) is 17.2 Å². The number of hydrogen-bond acceptors (Lipinski definition) is 6. The van der Waals surface area contributed by atoms with E-state index in [1.165, 1.54) is 24.3 Å². The molecular weight excluding hydrogens is 327 g/mol. The van der Waals surface area contributed by atoms with Crippen LogP contribution in [0, 0.1) is 5.82 Å². The SMILES string of the molecule is COc1ccc(-c2nnc([C@@H](C)OC(=O)c3ccc(F)cc3)o2)cc1. The van der Waals surface area contributed by atoms with Crippen LogP contribution in [0.1, 0.15) is 29.3 Å². The zero-order valence-corrected chi connectivity index (χ0v) is 13.6. The molecule has 0 N–H and O–H groups in total. The van der Waals surface area contributed by atoms with Gasteiger partial charge in [-0.15, -0.1) is 10.2 Å². The molecule has 3 aromatic rings. The summed E-state index contributed by atoms with van der Waals surface area (Å²) in [6.07, 6.45) is -0.739. The van der Waals surface area contributed by atoms with Gasteiger partial charge in [-0.3, -0.25) is 0 Å². The largest absolute Gasteiger partial charge is 0.497 e. The van der Waals surface area contributed by atoms with Gasteiger partial charge in [-0.05, 0) is 55.5 Å². The number of nitrogens with zero attached hydrogens (tertiary/aromatic N) is 2. The highest BCUT2D eigenvalue weighted by molar-refractivity contribution is 5.89. The van der Waals surface area contributed by atoms with Crippen LogP contribution in [0.25, 0.3) is 11.5 Å². The molecule has 0 aliphatic carbocycles. The summed E-state index contributed by atoms with van der Waals surface area (Å²) < 4.78 is 28.8. The second-order valence-electron chi connectivity index (χ2n) is 5.23.